The summed E-state index contributed by atoms with van der Waals surface area (Å²) in [7, 11) is 0. The van der Waals surface area contributed by atoms with Gasteiger partial charge in [0.2, 0.25) is 0 Å². The molecule has 1 aliphatic carbocycles. The standard InChI is InChI=1S/C23H34N2O2/c1-17(13-18-9-6-5-7-10-18)15-24-16-20-14-19-11-8-12-21(19)25(20)22(26)27-23(2,3)4/h5-7,9-10,13,19-21,24H,8,11-12,14-16H2,1-4H3/b17-13+/t19-,20?,21-/m0/s1. The highest BCUT2D eigenvalue weighted by Crippen LogP contribution is 2.41. The van der Waals surface area contributed by atoms with E-state index in [4.69, 9.17) is 4.74 Å². The lowest BCUT2D eigenvalue weighted by molar-refractivity contribution is 0.0140. The van der Waals surface area contributed by atoms with Crippen molar-refractivity contribution in [1.29, 1.82) is 0 Å². The fraction of sp³-hybridized carbons (Fsp3) is 0.609. The number of carbonyl (C=O) groups is 1. The Labute approximate surface area is 164 Å². The van der Waals surface area contributed by atoms with Crippen LogP contribution in [0.4, 0.5) is 4.79 Å². The van der Waals surface area contributed by atoms with Crippen LogP contribution < -0.4 is 5.32 Å². The minimum absolute atomic E-state index is 0.139. The number of nitrogens with zero attached hydrogens (tertiary/aromatic N) is 1. The fourth-order valence-corrected chi connectivity index (χ4v) is 4.49. The molecule has 4 heteroatoms. The summed E-state index contributed by atoms with van der Waals surface area (Å²) in [6.45, 7) is 9.64. The quantitative estimate of drug-likeness (QED) is 0.805. The third-order valence-corrected chi connectivity index (χ3v) is 5.55. The molecular weight excluding hydrogens is 336 g/mol. The number of rotatable bonds is 5. The number of ether oxygens (including phenoxy) is 1. The Bertz CT molecular complexity index is 663. The molecule has 4 nitrogen and oxygen atoms in total. The van der Waals surface area contributed by atoms with E-state index >= 15 is 0 Å². The summed E-state index contributed by atoms with van der Waals surface area (Å²) in [5, 5.41) is 3.57. The average molecular weight is 371 g/mol. The largest absolute Gasteiger partial charge is 0.444 e. The van der Waals surface area contributed by atoms with Crippen molar-refractivity contribution in [1.82, 2.24) is 10.2 Å². The normalized spacial score (nSPS) is 25.6. The first-order chi connectivity index (χ1) is 12.8. The van der Waals surface area contributed by atoms with Gasteiger partial charge in [0.25, 0.3) is 0 Å². The molecule has 27 heavy (non-hydrogen) atoms. The van der Waals surface area contributed by atoms with Crippen molar-refractivity contribution in [3.05, 3.63) is 41.5 Å². The van der Waals surface area contributed by atoms with Crippen molar-refractivity contribution in [2.24, 2.45) is 5.92 Å². The van der Waals surface area contributed by atoms with E-state index in [-0.39, 0.29) is 12.1 Å². The summed E-state index contributed by atoms with van der Waals surface area (Å²) < 4.78 is 5.71. The molecule has 1 saturated carbocycles. The van der Waals surface area contributed by atoms with E-state index in [2.05, 4.69) is 42.6 Å². The van der Waals surface area contributed by atoms with Gasteiger partial charge in [-0.05, 0) is 58.4 Å². The van der Waals surface area contributed by atoms with E-state index < -0.39 is 5.60 Å². The highest BCUT2D eigenvalue weighted by molar-refractivity contribution is 5.69. The number of carbonyl (C=O) groups excluding carboxylic acids is 1. The van der Waals surface area contributed by atoms with Crippen LogP contribution in [0.3, 0.4) is 0 Å². The first kappa shape index (κ1) is 19.9. The fourth-order valence-electron chi connectivity index (χ4n) is 4.49. The Balaban J connectivity index is 1.57. The van der Waals surface area contributed by atoms with Crippen molar-refractivity contribution in [2.75, 3.05) is 13.1 Å². The first-order valence-electron chi connectivity index (χ1n) is 10.3. The van der Waals surface area contributed by atoms with Gasteiger partial charge in [-0.3, -0.25) is 0 Å². The molecule has 0 bridgehead atoms. The maximum atomic E-state index is 12.8. The highest BCUT2D eigenvalue weighted by atomic mass is 16.6. The third kappa shape index (κ3) is 5.35. The summed E-state index contributed by atoms with van der Waals surface area (Å²) in [6.07, 6.45) is 6.76. The topological polar surface area (TPSA) is 41.6 Å². The van der Waals surface area contributed by atoms with Gasteiger partial charge >= 0.3 is 6.09 Å². The van der Waals surface area contributed by atoms with Gasteiger partial charge in [0.15, 0.2) is 0 Å². The minimum atomic E-state index is -0.444. The van der Waals surface area contributed by atoms with Crippen LogP contribution in [0.5, 0.6) is 0 Å². The van der Waals surface area contributed by atoms with Crippen molar-refractivity contribution in [3.8, 4) is 0 Å². The third-order valence-electron chi connectivity index (χ3n) is 5.55. The van der Waals surface area contributed by atoms with E-state index in [0.717, 1.165) is 25.9 Å². The molecule has 1 saturated heterocycles. The van der Waals surface area contributed by atoms with Crippen molar-refractivity contribution < 1.29 is 9.53 Å². The monoisotopic (exact) mass is 370 g/mol. The predicted octanol–water partition coefficient (Wildman–Crippen LogP) is 4.86. The second-order valence-corrected chi connectivity index (χ2v) is 9.07. The zero-order valence-corrected chi connectivity index (χ0v) is 17.2. The Morgan fingerprint density at radius 3 is 2.70 bits per heavy atom. The molecule has 1 aliphatic heterocycles. The van der Waals surface area contributed by atoms with Crippen LogP contribution in [-0.2, 0) is 4.74 Å². The van der Waals surface area contributed by atoms with Gasteiger partial charge in [-0.2, -0.15) is 0 Å². The molecule has 2 fully saturated rings. The molecule has 0 spiro atoms. The number of likely N-dealkylation sites (tertiary alicyclic amines) is 1. The second-order valence-electron chi connectivity index (χ2n) is 9.07. The molecule has 3 rings (SSSR count). The van der Waals surface area contributed by atoms with E-state index in [9.17, 15) is 4.79 Å². The van der Waals surface area contributed by atoms with Gasteiger partial charge in [0.1, 0.15) is 5.60 Å². The molecule has 0 radical (unpaired) electrons. The van der Waals surface area contributed by atoms with E-state index in [1.807, 2.05) is 31.7 Å². The number of fused-ring (bicyclic) bond motifs is 1. The number of nitrogens with one attached hydrogen (secondary N) is 1. The summed E-state index contributed by atoms with van der Waals surface area (Å²) in [4.78, 5) is 14.9. The molecule has 1 aromatic carbocycles. The minimum Gasteiger partial charge on any atom is -0.444 e. The summed E-state index contributed by atoms with van der Waals surface area (Å²) in [5.74, 6) is 0.644. The lowest BCUT2D eigenvalue weighted by Crippen LogP contribution is -2.47. The Hall–Kier alpha value is -1.81. The van der Waals surface area contributed by atoms with Crippen LogP contribution in [0.2, 0.25) is 0 Å². The first-order valence-corrected chi connectivity index (χ1v) is 10.3. The molecule has 1 aromatic rings. The Morgan fingerprint density at radius 2 is 2.00 bits per heavy atom. The van der Waals surface area contributed by atoms with E-state index in [1.165, 1.54) is 24.0 Å². The van der Waals surface area contributed by atoms with Gasteiger partial charge in [-0.25, -0.2) is 4.79 Å². The van der Waals surface area contributed by atoms with Gasteiger partial charge in [0, 0.05) is 25.2 Å². The van der Waals surface area contributed by atoms with Crippen molar-refractivity contribution in [3.63, 3.8) is 0 Å². The molecule has 1 N–H and O–H groups in total. The summed E-state index contributed by atoms with van der Waals surface area (Å²) in [5.41, 5.74) is 2.08. The van der Waals surface area contributed by atoms with Gasteiger partial charge < -0.3 is 15.0 Å². The SMILES string of the molecule is C/C(=C\c1ccccc1)CNCC1C[C@@H]2CCC[C@@H]2N1C(=O)OC(C)(C)C. The van der Waals surface area contributed by atoms with Crippen LogP contribution in [-0.4, -0.2) is 41.8 Å². The molecule has 2 aliphatic rings. The summed E-state index contributed by atoms with van der Waals surface area (Å²) >= 11 is 0. The number of hydrogen-bond donors (Lipinski definition) is 1. The maximum Gasteiger partial charge on any atom is 0.410 e. The molecule has 1 amide bonds. The molecule has 1 heterocycles. The number of hydrogen-bond acceptors (Lipinski definition) is 3. The zero-order chi connectivity index (χ0) is 19.4. The molecule has 0 aromatic heterocycles. The van der Waals surface area contributed by atoms with Crippen LogP contribution in [0.15, 0.2) is 35.9 Å². The molecule has 1 unspecified atom stereocenters. The summed E-state index contributed by atoms with van der Waals surface area (Å²) in [6, 6.07) is 11.0. The second kappa shape index (κ2) is 8.47. The lowest BCUT2D eigenvalue weighted by Gasteiger charge is -2.32. The molecule has 3 atom stereocenters. The Kier molecular flexibility index (Phi) is 6.25. The van der Waals surface area contributed by atoms with Gasteiger partial charge in [0.05, 0.1) is 0 Å². The lowest BCUT2D eigenvalue weighted by atomic mass is 10.0. The van der Waals surface area contributed by atoms with Crippen molar-refractivity contribution in [2.45, 2.75) is 71.1 Å². The zero-order valence-electron chi connectivity index (χ0n) is 17.2. The number of amides is 1. The smallest absolute Gasteiger partial charge is 0.410 e. The molecule has 148 valence electrons. The van der Waals surface area contributed by atoms with Gasteiger partial charge in [-0.15, -0.1) is 0 Å². The van der Waals surface area contributed by atoms with E-state index in [1.54, 1.807) is 0 Å². The predicted molar refractivity (Wildman–Crippen MR) is 111 cm³/mol. The number of benzene rings is 1. The van der Waals surface area contributed by atoms with Crippen LogP contribution >= 0.6 is 0 Å². The average Bonchev–Trinajstić information content (AvgIpc) is 3.14. The van der Waals surface area contributed by atoms with Crippen molar-refractivity contribution >= 4 is 12.2 Å². The maximum absolute atomic E-state index is 12.8. The van der Waals surface area contributed by atoms with Crippen LogP contribution in [0.1, 0.15) is 58.9 Å². The van der Waals surface area contributed by atoms with Gasteiger partial charge in [-0.1, -0.05) is 48.4 Å². The van der Waals surface area contributed by atoms with Crippen LogP contribution in [0, 0.1) is 5.92 Å². The molecular formula is C23H34N2O2. The highest BCUT2D eigenvalue weighted by Gasteiger charge is 2.46. The Morgan fingerprint density at radius 1 is 1.26 bits per heavy atom. The van der Waals surface area contributed by atoms with Crippen LogP contribution in [0.25, 0.3) is 6.08 Å². The van der Waals surface area contributed by atoms with E-state index in [0.29, 0.717) is 12.0 Å².